The third-order valence-electron chi connectivity index (χ3n) is 3.17. The summed E-state index contributed by atoms with van der Waals surface area (Å²) in [6, 6.07) is 6.15. The van der Waals surface area contributed by atoms with E-state index < -0.39 is 25.1 Å². The van der Waals surface area contributed by atoms with Crippen LogP contribution in [-0.2, 0) is 19.9 Å². The third-order valence-corrected chi connectivity index (χ3v) is 7.13. The largest absolute Gasteiger partial charge is 0.244 e. The molecule has 1 aromatic carbocycles. The van der Waals surface area contributed by atoms with Crippen molar-refractivity contribution in [2.75, 3.05) is 19.3 Å². The Morgan fingerprint density at radius 1 is 1.21 bits per heavy atom. The highest BCUT2D eigenvalue weighted by Crippen LogP contribution is 2.28. The molecule has 0 unspecified atom stereocenters. The van der Waals surface area contributed by atoms with Gasteiger partial charge < -0.3 is 0 Å². The summed E-state index contributed by atoms with van der Waals surface area (Å²) >= 11 is 5.89. The molecule has 0 amide bonds. The molecule has 1 aromatic rings. The van der Waals surface area contributed by atoms with E-state index in [0.29, 0.717) is 6.42 Å². The van der Waals surface area contributed by atoms with Gasteiger partial charge in [-0.25, -0.2) is 16.8 Å². The monoisotopic (exact) mass is 323 g/mol. The van der Waals surface area contributed by atoms with Gasteiger partial charge in [0.1, 0.15) is 4.90 Å². The van der Waals surface area contributed by atoms with E-state index in [4.69, 9.17) is 11.6 Å². The predicted octanol–water partition coefficient (Wildman–Crippen LogP) is 1.15. The lowest BCUT2D eigenvalue weighted by molar-refractivity contribution is 0.477. The summed E-state index contributed by atoms with van der Waals surface area (Å²) in [6.07, 6.45) is 1.45. The first-order valence-corrected chi connectivity index (χ1v) is 9.44. The normalized spacial score (nSPS) is 21.7. The fraction of sp³-hybridized carbons (Fsp3) is 0.455. The molecule has 0 bridgehead atoms. The quantitative estimate of drug-likeness (QED) is 0.836. The summed E-state index contributed by atoms with van der Waals surface area (Å²) in [5, 5.41) is -0.491. The number of sulfonamides is 1. The average Bonchev–Trinajstić information content (AvgIpc) is 2.78. The van der Waals surface area contributed by atoms with Crippen molar-refractivity contribution >= 4 is 31.5 Å². The molecule has 1 atom stereocenters. The Bertz CT molecular complexity index is 684. The number of halogens is 1. The van der Waals surface area contributed by atoms with Gasteiger partial charge in [0.05, 0.1) is 10.3 Å². The zero-order valence-electron chi connectivity index (χ0n) is 10.3. The molecular weight excluding hydrogens is 310 g/mol. The highest BCUT2D eigenvalue weighted by molar-refractivity contribution is 7.91. The second-order valence-corrected chi connectivity index (χ2v) is 9.17. The maximum Gasteiger partial charge on any atom is 0.244 e. The van der Waals surface area contributed by atoms with Gasteiger partial charge in [-0.2, -0.15) is 4.31 Å². The Kier molecular flexibility index (Phi) is 3.92. The molecule has 2 rings (SSSR count). The molecule has 0 aliphatic carbocycles. The molecule has 0 spiro atoms. The molecule has 5 nitrogen and oxygen atoms in total. The van der Waals surface area contributed by atoms with E-state index in [1.807, 2.05) is 0 Å². The number of hydrogen-bond acceptors (Lipinski definition) is 4. The molecule has 0 N–H and O–H groups in total. The lowest BCUT2D eigenvalue weighted by atomic mass is 10.4. The number of benzene rings is 1. The van der Waals surface area contributed by atoms with E-state index >= 15 is 0 Å². The smallest absolute Gasteiger partial charge is 0.229 e. The molecule has 0 radical (unpaired) electrons. The van der Waals surface area contributed by atoms with Gasteiger partial charge in [-0.15, -0.1) is 0 Å². The van der Waals surface area contributed by atoms with Crippen LogP contribution >= 0.6 is 11.6 Å². The van der Waals surface area contributed by atoms with Crippen molar-refractivity contribution < 1.29 is 16.8 Å². The van der Waals surface area contributed by atoms with Crippen molar-refractivity contribution in [1.29, 1.82) is 0 Å². The van der Waals surface area contributed by atoms with Crippen LogP contribution < -0.4 is 0 Å². The molecule has 1 saturated heterocycles. The minimum Gasteiger partial charge on any atom is -0.229 e. The molecule has 1 aliphatic heterocycles. The van der Waals surface area contributed by atoms with Gasteiger partial charge in [-0.3, -0.25) is 0 Å². The highest BCUT2D eigenvalue weighted by atomic mass is 35.5. The van der Waals surface area contributed by atoms with E-state index in [1.165, 1.54) is 16.4 Å². The molecule has 0 saturated carbocycles. The van der Waals surface area contributed by atoms with E-state index in [-0.39, 0.29) is 23.0 Å². The lowest BCUT2D eigenvalue weighted by Crippen LogP contribution is -2.31. The summed E-state index contributed by atoms with van der Waals surface area (Å²) in [5.74, 6) is 0. The van der Waals surface area contributed by atoms with Crippen molar-refractivity contribution in [2.24, 2.45) is 0 Å². The van der Waals surface area contributed by atoms with Crippen molar-refractivity contribution in [3.8, 4) is 0 Å². The zero-order chi connectivity index (χ0) is 14.3. The zero-order valence-corrected chi connectivity index (χ0v) is 12.7. The molecule has 1 aliphatic rings. The van der Waals surface area contributed by atoms with E-state index in [0.717, 1.165) is 6.26 Å². The molecule has 19 heavy (non-hydrogen) atoms. The first kappa shape index (κ1) is 14.8. The van der Waals surface area contributed by atoms with Crippen LogP contribution in [0, 0.1) is 0 Å². The molecule has 1 heterocycles. The van der Waals surface area contributed by atoms with Gasteiger partial charge in [0, 0.05) is 19.3 Å². The Balaban J connectivity index is 2.31. The van der Waals surface area contributed by atoms with Crippen LogP contribution in [0.25, 0.3) is 0 Å². The second-order valence-electron chi connectivity index (χ2n) is 4.53. The molecule has 1 fully saturated rings. The fourth-order valence-corrected chi connectivity index (χ4v) is 5.13. The first-order chi connectivity index (χ1) is 8.73. The van der Waals surface area contributed by atoms with Gasteiger partial charge in [-0.05, 0) is 18.6 Å². The first-order valence-electron chi connectivity index (χ1n) is 5.66. The van der Waals surface area contributed by atoms with Gasteiger partial charge >= 0.3 is 0 Å². The summed E-state index contributed by atoms with van der Waals surface area (Å²) in [4.78, 5) is 0.0193. The van der Waals surface area contributed by atoms with Gasteiger partial charge in [0.25, 0.3) is 0 Å². The van der Waals surface area contributed by atoms with E-state index in [2.05, 4.69) is 0 Å². The van der Waals surface area contributed by atoms with E-state index in [1.54, 1.807) is 12.1 Å². The Morgan fingerprint density at radius 3 is 2.37 bits per heavy atom. The SMILES string of the molecule is CS(=O)(=O)[C@@H]1CCN(S(=O)(=O)c2ccccc2Cl)C1. The molecule has 0 aromatic heterocycles. The maximum absolute atomic E-state index is 12.4. The standard InChI is InChI=1S/C11H14ClNO4S2/c1-18(14,15)9-6-7-13(8-9)19(16,17)11-5-3-2-4-10(11)12/h2-5,9H,6-8H2,1H3/t9-/m1/s1. The number of nitrogens with zero attached hydrogens (tertiary/aromatic N) is 1. The highest BCUT2D eigenvalue weighted by Gasteiger charge is 2.37. The van der Waals surface area contributed by atoms with Crippen LogP contribution in [0.3, 0.4) is 0 Å². The third kappa shape index (κ3) is 2.94. The van der Waals surface area contributed by atoms with Crippen molar-refractivity contribution in [3.63, 3.8) is 0 Å². The average molecular weight is 324 g/mol. The van der Waals surface area contributed by atoms with E-state index in [9.17, 15) is 16.8 Å². The minimum absolute atomic E-state index is 0.00755. The summed E-state index contributed by atoms with van der Waals surface area (Å²) < 4.78 is 48.9. The fourth-order valence-electron chi connectivity index (χ4n) is 2.06. The number of hydrogen-bond donors (Lipinski definition) is 0. The topological polar surface area (TPSA) is 71.5 Å². The summed E-state index contributed by atoms with van der Waals surface area (Å²) in [5.41, 5.74) is 0. The predicted molar refractivity (Wildman–Crippen MR) is 73.5 cm³/mol. The summed E-state index contributed by atoms with van der Waals surface area (Å²) in [7, 11) is -6.95. The van der Waals surface area contributed by atoms with Crippen LogP contribution in [0.4, 0.5) is 0 Å². The Morgan fingerprint density at radius 2 is 1.84 bits per heavy atom. The van der Waals surface area contributed by atoms with Crippen LogP contribution in [0.15, 0.2) is 29.2 Å². The van der Waals surface area contributed by atoms with Crippen molar-refractivity contribution in [1.82, 2.24) is 4.31 Å². The van der Waals surface area contributed by atoms with Gasteiger partial charge in [0.15, 0.2) is 9.84 Å². The molecule has 8 heteroatoms. The Labute approximate surface area is 118 Å². The Hall–Kier alpha value is -0.630. The minimum atomic E-state index is -3.73. The number of sulfone groups is 1. The van der Waals surface area contributed by atoms with Crippen LogP contribution in [0.1, 0.15) is 6.42 Å². The van der Waals surface area contributed by atoms with Crippen LogP contribution in [0.5, 0.6) is 0 Å². The van der Waals surface area contributed by atoms with Crippen LogP contribution in [0.2, 0.25) is 5.02 Å². The van der Waals surface area contributed by atoms with Gasteiger partial charge in [0.2, 0.25) is 10.0 Å². The van der Waals surface area contributed by atoms with Crippen LogP contribution in [-0.4, -0.2) is 45.7 Å². The summed E-state index contributed by atoms with van der Waals surface area (Å²) in [6.45, 7) is 0.192. The van der Waals surface area contributed by atoms with Crippen molar-refractivity contribution in [3.05, 3.63) is 29.3 Å². The van der Waals surface area contributed by atoms with Gasteiger partial charge in [-0.1, -0.05) is 23.7 Å². The molecular formula is C11H14ClNO4S2. The van der Waals surface area contributed by atoms with Crippen molar-refractivity contribution in [2.45, 2.75) is 16.6 Å². The second kappa shape index (κ2) is 5.05. The maximum atomic E-state index is 12.4. The number of rotatable bonds is 3. The molecule has 106 valence electrons. The lowest BCUT2D eigenvalue weighted by Gasteiger charge is -2.17.